The average molecular weight is 244 g/mol. The Morgan fingerprint density at radius 1 is 1.11 bits per heavy atom. The van der Waals surface area contributed by atoms with Crippen LogP contribution < -0.4 is 4.74 Å². The number of benzene rings is 2. The first-order chi connectivity index (χ1) is 8.69. The van der Waals surface area contributed by atoms with E-state index >= 15 is 0 Å². The van der Waals surface area contributed by atoms with E-state index in [1.54, 1.807) is 24.3 Å². The molecule has 2 rings (SSSR count). The summed E-state index contributed by atoms with van der Waals surface area (Å²) in [6.45, 7) is -0.0440. The van der Waals surface area contributed by atoms with Gasteiger partial charge in [0.15, 0.2) is 0 Å². The molecular formula is C15H10F2O. The van der Waals surface area contributed by atoms with Crippen LogP contribution in [0.5, 0.6) is 5.75 Å². The summed E-state index contributed by atoms with van der Waals surface area (Å²) in [5, 5.41) is 0. The molecule has 0 atom stereocenters. The van der Waals surface area contributed by atoms with Crippen molar-refractivity contribution in [3.63, 3.8) is 0 Å². The molecule has 2 aromatic rings. The van der Waals surface area contributed by atoms with E-state index in [0.29, 0.717) is 11.3 Å². The van der Waals surface area contributed by atoms with Crippen LogP contribution in [-0.4, -0.2) is 0 Å². The van der Waals surface area contributed by atoms with Gasteiger partial charge in [-0.15, -0.1) is 6.42 Å². The summed E-state index contributed by atoms with van der Waals surface area (Å²) in [6.07, 6.45) is 5.25. The number of rotatable bonds is 3. The topological polar surface area (TPSA) is 9.23 Å². The first kappa shape index (κ1) is 12.1. The molecule has 0 aliphatic rings. The van der Waals surface area contributed by atoms with Crippen LogP contribution >= 0.6 is 0 Å². The van der Waals surface area contributed by atoms with Crippen molar-refractivity contribution >= 4 is 0 Å². The van der Waals surface area contributed by atoms with E-state index in [2.05, 4.69) is 5.92 Å². The predicted molar refractivity (Wildman–Crippen MR) is 65.1 cm³/mol. The van der Waals surface area contributed by atoms with Crippen molar-refractivity contribution in [1.29, 1.82) is 0 Å². The summed E-state index contributed by atoms with van der Waals surface area (Å²) in [7, 11) is 0. The maximum Gasteiger partial charge on any atom is 0.130 e. The Bertz CT molecular complexity index is 600. The van der Waals surface area contributed by atoms with Gasteiger partial charge in [0.25, 0.3) is 0 Å². The molecule has 0 unspecified atom stereocenters. The minimum absolute atomic E-state index is 0.0440. The molecule has 0 aromatic heterocycles. The molecule has 3 heteroatoms. The second-order valence-corrected chi connectivity index (χ2v) is 3.70. The van der Waals surface area contributed by atoms with Crippen molar-refractivity contribution in [3.05, 3.63) is 65.2 Å². The highest BCUT2D eigenvalue weighted by molar-refractivity contribution is 5.38. The van der Waals surface area contributed by atoms with Gasteiger partial charge >= 0.3 is 0 Å². The standard InChI is InChI=1S/C15H10F2O/c1-2-11-4-3-5-14(8-11)18-10-12-9-13(16)6-7-15(12)17/h1,3-9H,10H2. The van der Waals surface area contributed by atoms with Gasteiger partial charge in [0.05, 0.1) is 0 Å². The molecule has 0 radical (unpaired) electrons. The Balaban J connectivity index is 2.11. The van der Waals surface area contributed by atoms with E-state index in [1.165, 1.54) is 0 Å². The molecule has 0 saturated heterocycles. The van der Waals surface area contributed by atoms with Crippen molar-refractivity contribution in [1.82, 2.24) is 0 Å². The van der Waals surface area contributed by atoms with Crippen molar-refractivity contribution in [2.75, 3.05) is 0 Å². The van der Waals surface area contributed by atoms with Gasteiger partial charge < -0.3 is 4.74 Å². The third-order valence-electron chi connectivity index (χ3n) is 2.40. The van der Waals surface area contributed by atoms with Crippen molar-refractivity contribution in [2.45, 2.75) is 6.61 Å². The molecule has 0 aliphatic heterocycles. The van der Waals surface area contributed by atoms with Crippen LogP contribution in [-0.2, 0) is 6.61 Å². The Labute approximate surface area is 104 Å². The van der Waals surface area contributed by atoms with Crippen molar-refractivity contribution < 1.29 is 13.5 Å². The van der Waals surface area contributed by atoms with Gasteiger partial charge in [0, 0.05) is 11.1 Å². The zero-order valence-electron chi connectivity index (χ0n) is 9.49. The molecule has 2 aromatic carbocycles. The van der Waals surface area contributed by atoms with E-state index in [1.807, 2.05) is 0 Å². The van der Waals surface area contributed by atoms with Gasteiger partial charge in [-0.2, -0.15) is 0 Å². The molecule has 0 N–H and O–H groups in total. The highest BCUT2D eigenvalue weighted by atomic mass is 19.1. The van der Waals surface area contributed by atoms with E-state index in [0.717, 1.165) is 18.2 Å². The summed E-state index contributed by atoms with van der Waals surface area (Å²) in [4.78, 5) is 0. The number of hydrogen-bond acceptors (Lipinski definition) is 1. The van der Waals surface area contributed by atoms with E-state index in [4.69, 9.17) is 11.2 Å². The van der Waals surface area contributed by atoms with Gasteiger partial charge in [0.2, 0.25) is 0 Å². The van der Waals surface area contributed by atoms with Crippen LogP contribution in [0.1, 0.15) is 11.1 Å². The summed E-state index contributed by atoms with van der Waals surface area (Å²) < 4.78 is 31.6. The molecule has 0 fully saturated rings. The minimum atomic E-state index is -0.496. The number of hydrogen-bond donors (Lipinski definition) is 0. The molecular weight excluding hydrogens is 234 g/mol. The monoisotopic (exact) mass is 244 g/mol. The van der Waals surface area contributed by atoms with Crippen LogP contribution in [0.2, 0.25) is 0 Å². The minimum Gasteiger partial charge on any atom is -0.489 e. The lowest BCUT2D eigenvalue weighted by molar-refractivity contribution is 0.299. The molecule has 0 spiro atoms. The van der Waals surface area contributed by atoms with Gasteiger partial charge in [-0.3, -0.25) is 0 Å². The summed E-state index contributed by atoms with van der Waals surface area (Å²) in [5.41, 5.74) is 0.841. The molecule has 0 amide bonds. The fourth-order valence-corrected chi connectivity index (χ4v) is 1.49. The van der Waals surface area contributed by atoms with Crippen LogP contribution in [0.15, 0.2) is 42.5 Å². The van der Waals surface area contributed by atoms with E-state index in [9.17, 15) is 8.78 Å². The van der Waals surface area contributed by atoms with E-state index < -0.39 is 11.6 Å². The lowest BCUT2D eigenvalue weighted by Crippen LogP contribution is -1.99. The largest absolute Gasteiger partial charge is 0.489 e. The molecule has 90 valence electrons. The van der Waals surface area contributed by atoms with Crippen LogP contribution in [0.4, 0.5) is 8.78 Å². The summed E-state index contributed by atoms with van der Waals surface area (Å²) in [6, 6.07) is 10.1. The van der Waals surface area contributed by atoms with Gasteiger partial charge in [-0.25, -0.2) is 8.78 Å². The van der Waals surface area contributed by atoms with Gasteiger partial charge in [-0.05, 0) is 36.4 Å². The predicted octanol–water partition coefficient (Wildman–Crippen LogP) is 3.53. The van der Waals surface area contributed by atoms with Gasteiger partial charge in [-0.1, -0.05) is 12.0 Å². The van der Waals surface area contributed by atoms with Crippen LogP contribution in [0.3, 0.4) is 0 Å². The maximum absolute atomic E-state index is 13.3. The van der Waals surface area contributed by atoms with Crippen LogP contribution in [0, 0.1) is 24.0 Å². The number of halogens is 2. The third-order valence-corrected chi connectivity index (χ3v) is 2.40. The van der Waals surface area contributed by atoms with E-state index in [-0.39, 0.29) is 12.2 Å². The molecule has 0 heterocycles. The number of ether oxygens (including phenoxy) is 1. The first-order valence-electron chi connectivity index (χ1n) is 5.32. The smallest absolute Gasteiger partial charge is 0.130 e. The molecule has 0 saturated carbocycles. The van der Waals surface area contributed by atoms with Crippen LogP contribution in [0.25, 0.3) is 0 Å². The third kappa shape index (κ3) is 2.86. The normalized spacial score (nSPS) is 9.83. The zero-order valence-corrected chi connectivity index (χ0v) is 9.49. The highest BCUT2D eigenvalue weighted by Gasteiger charge is 2.05. The lowest BCUT2D eigenvalue weighted by atomic mass is 10.2. The SMILES string of the molecule is C#Cc1cccc(OCc2cc(F)ccc2F)c1. The average Bonchev–Trinajstić information content (AvgIpc) is 2.40. The zero-order chi connectivity index (χ0) is 13.0. The maximum atomic E-state index is 13.3. The Morgan fingerprint density at radius 3 is 2.72 bits per heavy atom. The molecule has 0 aliphatic carbocycles. The Kier molecular flexibility index (Phi) is 3.59. The first-order valence-corrected chi connectivity index (χ1v) is 5.32. The summed E-state index contributed by atoms with van der Waals surface area (Å²) in [5.74, 6) is 2.01. The molecule has 18 heavy (non-hydrogen) atoms. The molecule has 1 nitrogen and oxygen atoms in total. The number of terminal acetylenes is 1. The summed E-state index contributed by atoms with van der Waals surface area (Å²) >= 11 is 0. The molecule has 0 bridgehead atoms. The highest BCUT2D eigenvalue weighted by Crippen LogP contribution is 2.16. The van der Waals surface area contributed by atoms with Crippen molar-refractivity contribution in [3.8, 4) is 18.1 Å². The Morgan fingerprint density at radius 2 is 1.94 bits per heavy atom. The Hall–Kier alpha value is -2.34. The van der Waals surface area contributed by atoms with Crippen molar-refractivity contribution in [2.24, 2.45) is 0 Å². The second kappa shape index (κ2) is 5.33. The quantitative estimate of drug-likeness (QED) is 0.750. The fraction of sp³-hybridized carbons (Fsp3) is 0.0667. The second-order valence-electron chi connectivity index (χ2n) is 3.70. The lowest BCUT2D eigenvalue weighted by Gasteiger charge is -2.07. The van der Waals surface area contributed by atoms with Gasteiger partial charge in [0.1, 0.15) is 24.0 Å². The fourth-order valence-electron chi connectivity index (χ4n) is 1.49.